The summed E-state index contributed by atoms with van der Waals surface area (Å²) in [5, 5.41) is 0. The van der Waals surface area contributed by atoms with Crippen molar-refractivity contribution < 1.29 is 0 Å². The van der Waals surface area contributed by atoms with Crippen molar-refractivity contribution in [3.8, 4) is 0 Å². The second-order valence-electron chi connectivity index (χ2n) is 1.70. The maximum absolute atomic E-state index is 5.36. The van der Waals surface area contributed by atoms with Crippen LogP contribution in [-0.2, 0) is 0 Å². The van der Waals surface area contributed by atoms with E-state index in [9.17, 15) is 0 Å². The first-order valence-electron chi connectivity index (χ1n) is 2.75. The van der Waals surface area contributed by atoms with E-state index in [1.165, 1.54) is 5.54 Å². The maximum Gasteiger partial charge on any atom is 0.00484 e. The fourth-order valence-corrected chi connectivity index (χ4v) is 0.782. The Hall–Kier alpha value is -0.790. The van der Waals surface area contributed by atoms with Gasteiger partial charge in [-0.05, 0) is 11.6 Å². The van der Waals surface area contributed by atoms with E-state index in [1.54, 1.807) is 0 Å². The standard InChI is InChI=1S/C8H7Cl.H3N/c9-7-6-8-4-2-1-3-5-8;/h1-7H;1H3. The lowest BCUT2D eigenvalue weighted by Gasteiger charge is -1.86. The van der Waals surface area contributed by atoms with Crippen LogP contribution in [0.5, 0.6) is 0 Å². The quantitative estimate of drug-likeness (QED) is 0.665. The Morgan fingerprint density at radius 2 is 1.70 bits per heavy atom. The third-order valence-corrected chi connectivity index (χ3v) is 1.18. The van der Waals surface area contributed by atoms with Crippen molar-refractivity contribution in [3.05, 3.63) is 41.4 Å². The van der Waals surface area contributed by atoms with Gasteiger partial charge >= 0.3 is 0 Å². The molecule has 0 radical (unpaired) electrons. The summed E-state index contributed by atoms with van der Waals surface area (Å²) < 4.78 is 0. The van der Waals surface area contributed by atoms with E-state index in [4.69, 9.17) is 11.6 Å². The fraction of sp³-hybridized carbons (Fsp3) is 0. The molecule has 0 bridgehead atoms. The van der Waals surface area contributed by atoms with Gasteiger partial charge in [0.25, 0.3) is 0 Å². The summed E-state index contributed by atoms with van der Waals surface area (Å²) in [6, 6.07) is 9.93. The third kappa shape index (κ3) is 2.67. The Labute approximate surface area is 65.9 Å². The normalized spacial score (nSPS) is 9.30. The molecule has 1 aromatic carbocycles. The average molecular weight is 156 g/mol. The monoisotopic (exact) mass is 155 g/mol. The van der Waals surface area contributed by atoms with Gasteiger partial charge < -0.3 is 6.15 Å². The smallest absolute Gasteiger partial charge is 0.00484 e. The summed E-state index contributed by atoms with van der Waals surface area (Å²) in [6.07, 6.45) is 1.85. The molecule has 0 unspecified atom stereocenters. The molecule has 10 heavy (non-hydrogen) atoms. The Kier molecular flexibility index (Phi) is 4.63. The largest absolute Gasteiger partial charge is 0.344 e. The zero-order valence-corrected chi connectivity index (χ0v) is 6.38. The third-order valence-electron chi connectivity index (χ3n) is 1.06. The number of hydrogen-bond donors (Lipinski definition) is 1. The molecule has 1 aromatic rings. The van der Waals surface area contributed by atoms with Crippen LogP contribution in [0.4, 0.5) is 0 Å². The SMILES string of the molecule is ClC=Cc1ccccc1.N. The van der Waals surface area contributed by atoms with Gasteiger partial charge in [-0.3, -0.25) is 0 Å². The van der Waals surface area contributed by atoms with Crippen molar-refractivity contribution in [2.45, 2.75) is 0 Å². The zero-order valence-electron chi connectivity index (χ0n) is 5.63. The van der Waals surface area contributed by atoms with Gasteiger partial charge in [-0.2, -0.15) is 0 Å². The van der Waals surface area contributed by atoms with E-state index in [0.717, 1.165) is 5.56 Å². The van der Waals surface area contributed by atoms with E-state index in [1.807, 2.05) is 36.4 Å². The van der Waals surface area contributed by atoms with E-state index < -0.39 is 0 Å². The highest BCUT2D eigenvalue weighted by atomic mass is 35.5. The Morgan fingerprint density at radius 3 is 2.20 bits per heavy atom. The van der Waals surface area contributed by atoms with Crippen LogP contribution < -0.4 is 6.15 Å². The number of rotatable bonds is 1. The molecule has 1 rings (SSSR count). The van der Waals surface area contributed by atoms with Crippen LogP contribution in [0.1, 0.15) is 5.56 Å². The minimum absolute atomic E-state index is 0. The summed E-state index contributed by atoms with van der Waals surface area (Å²) in [7, 11) is 0. The minimum Gasteiger partial charge on any atom is -0.344 e. The minimum atomic E-state index is 0. The highest BCUT2D eigenvalue weighted by Gasteiger charge is 1.78. The summed E-state index contributed by atoms with van der Waals surface area (Å²) in [4.78, 5) is 0. The van der Waals surface area contributed by atoms with Crippen molar-refractivity contribution in [3.63, 3.8) is 0 Å². The molecule has 0 aliphatic rings. The lowest BCUT2D eigenvalue weighted by molar-refractivity contribution is 1.66. The Morgan fingerprint density at radius 1 is 1.10 bits per heavy atom. The first-order valence-corrected chi connectivity index (χ1v) is 3.19. The number of hydrogen-bond acceptors (Lipinski definition) is 1. The molecule has 0 amide bonds. The topological polar surface area (TPSA) is 35.0 Å². The zero-order chi connectivity index (χ0) is 6.53. The molecular weight excluding hydrogens is 146 g/mol. The van der Waals surface area contributed by atoms with Crippen molar-refractivity contribution in [2.75, 3.05) is 0 Å². The molecule has 0 saturated carbocycles. The van der Waals surface area contributed by atoms with Gasteiger partial charge in [0.2, 0.25) is 0 Å². The molecule has 0 aliphatic carbocycles. The van der Waals surface area contributed by atoms with Gasteiger partial charge in [0, 0.05) is 5.54 Å². The molecule has 0 heterocycles. The lowest BCUT2D eigenvalue weighted by Crippen LogP contribution is -1.64. The van der Waals surface area contributed by atoms with Crippen molar-refractivity contribution >= 4 is 17.7 Å². The molecular formula is C8H10ClN. The molecule has 0 spiro atoms. The molecule has 0 atom stereocenters. The van der Waals surface area contributed by atoms with Crippen LogP contribution in [0, 0.1) is 0 Å². The average Bonchev–Trinajstić information content (AvgIpc) is 1.91. The number of halogens is 1. The van der Waals surface area contributed by atoms with E-state index in [2.05, 4.69) is 0 Å². The van der Waals surface area contributed by atoms with Gasteiger partial charge in [-0.1, -0.05) is 41.9 Å². The van der Waals surface area contributed by atoms with Crippen LogP contribution in [0.25, 0.3) is 6.08 Å². The Bertz CT molecular complexity index is 194. The van der Waals surface area contributed by atoms with Crippen LogP contribution in [-0.4, -0.2) is 0 Å². The van der Waals surface area contributed by atoms with Gasteiger partial charge in [0.15, 0.2) is 0 Å². The second-order valence-corrected chi connectivity index (χ2v) is 1.96. The van der Waals surface area contributed by atoms with Crippen LogP contribution in [0.3, 0.4) is 0 Å². The van der Waals surface area contributed by atoms with Crippen molar-refractivity contribution in [2.24, 2.45) is 0 Å². The first-order chi connectivity index (χ1) is 4.43. The van der Waals surface area contributed by atoms with Gasteiger partial charge in [0.1, 0.15) is 0 Å². The summed E-state index contributed by atoms with van der Waals surface area (Å²) in [6.45, 7) is 0. The molecule has 0 aromatic heterocycles. The van der Waals surface area contributed by atoms with Crippen LogP contribution >= 0.6 is 11.6 Å². The predicted molar refractivity (Wildman–Crippen MR) is 46.4 cm³/mol. The molecule has 0 saturated heterocycles. The molecule has 0 aliphatic heterocycles. The lowest BCUT2D eigenvalue weighted by atomic mass is 10.2. The fourth-order valence-electron chi connectivity index (χ4n) is 0.637. The van der Waals surface area contributed by atoms with E-state index in [0.29, 0.717) is 0 Å². The molecule has 3 N–H and O–H groups in total. The van der Waals surface area contributed by atoms with Gasteiger partial charge in [-0.25, -0.2) is 0 Å². The van der Waals surface area contributed by atoms with Crippen molar-refractivity contribution in [1.82, 2.24) is 6.15 Å². The van der Waals surface area contributed by atoms with Crippen LogP contribution in [0.15, 0.2) is 35.9 Å². The molecule has 0 fully saturated rings. The van der Waals surface area contributed by atoms with Gasteiger partial charge in [0.05, 0.1) is 0 Å². The van der Waals surface area contributed by atoms with Crippen molar-refractivity contribution in [1.29, 1.82) is 0 Å². The summed E-state index contributed by atoms with van der Waals surface area (Å²) in [5.74, 6) is 0. The van der Waals surface area contributed by atoms with E-state index >= 15 is 0 Å². The second kappa shape index (κ2) is 5.03. The summed E-state index contributed by atoms with van der Waals surface area (Å²) >= 11 is 5.36. The first kappa shape index (κ1) is 9.21. The molecule has 1 nitrogen and oxygen atoms in total. The van der Waals surface area contributed by atoms with E-state index in [-0.39, 0.29) is 6.15 Å². The molecule has 2 heteroatoms. The maximum atomic E-state index is 5.36. The number of benzene rings is 1. The Balaban J connectivity index is 0.000000810. The highest BCUT2D eigenvalue weighted by molar-refractivity contribution is 6.27. The summed E-state index contributed by atoms with van der Waals surface area (Å²) in [5.41, 5.74) is 2.64. The predicted octanol–water partition coefficient (Wildman–Crippen LogP) is 3.06. The molecule has 54 valence electrons. The van der Waals surface area contributed by atoms with Gasteiger partial charge in [-0.15, -0.1) is 0 Å². The van der Waals surface area contributed by atoms with Crippen LogP contribution in [0.2, 0.25) is 0 Å². The highest BCUT2D eigenvalue weighted by Crippen LogP contribution is 2.00.